The minimum atomic E-state index is -0.172. The van der Waals surface area contributed by atoms with E-state index in [2.05, 4.69) is 65.9 Å². The maximum Gasteiger partial charge on any atom is 0.214 e. The molecule has 0 spiro atoms. The average Bonchev–Trinajstić information content (AvgIpc) is 2.91. The molecule has 1 unspecified atom stereocenters. The summed E-state index contributed by atoms with van der Waals surface area (Å²) in [5, 5.41) is 2.22. The molecule has 2 aromatic heterocycles. The molecule has 5 nitrogen and oxygen atoms in total. The van der Waals surface area contributed by atoms with E-state index in [1.807, 2.05) is 24.4 Å². The summed E-state index contributed by atoms with van der Waals surface area (Å²) < 4.78 is 12.4. The molecule has 3 saturated heterocycles. The van der Waals surface area contributed by atoms with Crippen molar-refractivity contribution in [3.8, 4) is 11.6 Å². The zero-order valence-electron chi connectivity index (χ0n) is 20.4. The van der Waals surface area contributed by atoms with Gasteiger partial charge in [0.25, 0.3) is 0 Å². The highest BCUT2D eigenvalue weighted by Gasteiger charge is 2.44. The van der Waals surface area contributed by atoms with Crippen LogP contribution >= 0.6 is 0 Å². The number of piperidine rings is 3. The number of fused-ring (bicyclic) bond motifs is 5. The number of hydrogen-bond donors (Lipinski definition) is 0. The molecule has 3 aliphatic heterocycles. The first kappa shape index (κ1) is 22.1. The fourth-order valence-corrected chi connectivity index (χ4v) is 6.07. The Morgan fingerprint density at radius 1 is 1.09 bits per heavy atom. The summed E-state index contributed by atoms with van der Waals surface area (Å²) in [5.74, 6) is 2.68. The second-order valence-electron chi connectivity index (χ2n) is 9.86. The molecule has 0 saturated carbocycles. The van der Waals surface area contributed by atoms with Crippen molar-refractivity contribution in [2.24, 2.45) is 11.8 Å². The van der Waals surface area contributed by atoms with Crippen LogP contribution in [0.2, 0.25) is 0 Å². The van der Waals surface area contributed by atoms with Crippen molar-refractivity contribution >= 4 is 21.8 Å². The number of aromatic nitrogens is 2. The molecule has 2 bridgehead atoms. The van der Waals surface area contributed by atoms with Gasteiger partial charge in [-0.1, -0.05) is 24.3 Å². The first-order valence-electron chi connectivity index (χ1n) is 12.5. The normalized spacial score (nSPS) is 24.4. The van der Waals surface area contributed by atoms with E-state index in [0.717, 1.165) is 52.6 Å². The number of benzene rings is 2. The van der Waals surface area contributed by atoms with E-state index >= 15 is 0 Å². The van der Waals surface area contributed by atoms with Gasteiger partial charge in [-0.25, -0.2) is 4.98 Å². The SMILES string of the molecule is C=C[C@H]1CN2CC[C@H]1C[C@@H]2[C@@H](Oc1cc(C)c2ccccc2n1)c1ccnc2ccc(OC)cc12. The van der Waals surface area contributed by atoms with Gasteiger partial charge in [-0.15, -0.1) is 6.58 Å². The zero-order chi connectivity index (χ0) is 23.9. The molecule has 35 heavy (non-hydrogen) atoms. The molecule has 2 aromatic carbocycles. The van der Waals surface area contributed by atoms with Crippen LogP contribution in [0.4, 0.5) is 0 Å². The van der Waals surface area contributed by atoms with Crippen molar-refractivity contribution in [3.05, 3.63) is 84.6 Å². The van der Waals surface area contributed by atoms with E-state index in [9.17, 15) is 0 Å². The average molecular weight is 466 g/mol. The number of para-hydroxylation sites is 1. The van der Waals surface area contributed by atoms with Crippen LogP contribution in [-0.2, 0) is 0 Å². The molecule has 0 radical (unpaired) electrons. The second kappa shape index (κ2) is 8.97. The van der Waals surface area contributed by atoms with Crippen LogP contribution in [0.15, 0.2) is 73.4 Å². The Balaban J connectivity index is 1.47. The lowest BCUT2D eigenvalue weighted by atomic mass is 9.73. The Hall–Kier alpha value is -3.44. The van der Waals surface area contributed by atoms with Gasteiger partial charge in [0.15, 0.2) is 0 Å². The Kier molecular flexibility index (Phi) is 5.65. The first-order chi connectivity index (χ1) is 17.1. The van der Waals surface area contributed by atoms with Gasteiger partial charge >= 0.3 is 0 Å². The summed E-state index contributed by atoms with van der Waals surface area (Å²) in [6, 6.07) is 18.8. The molecule has 5 atom stereocenters. The number of hydrogen-bond acceptors (Lipinski definition) is 5. The number of rotatable bonds is 6. The van der Waals surface area contributed by atoms with Crippen LogP contribution in [0.5, 0.6) is 11.6 Å². The molecule has 3 aliphatic rings. The molecule has 5 heteroatoms. The van der Waals surface area contributed by atoms with Crippen LogP contribution in [0, 0.1) is 18.8 Å². The molecule has 178 valence electrons. The van der Waals surface area contributed by atoms with Gasteiger partial charge in [0.05, 0.1) is 24.2 Å². The fraction of sp³-hybridized carbons (Fsp3) is 0.333. The molecular weight excluding hydrogens is 434 g/mol. The number of nitrogens with zero attached hydrogens (tertiary/aromatic N) is 3. The fourth-order valence-electron chi connectivity index (χ4n) is 6.07. The molecule has 4 aromatic rings. The third-order valence-corrected chi connectivity index (χ3v) is 7.94. The third-order valence-electron chi connectivity index (χ3n) is 7.94. The van der Waals surface area contributed by atoms with Crippen molar-refractivity contribution in [3.63, 3.8) is 0 Å². The summed E-state index contributed by atoms with van der Waals surface area (Å²) in [6.45, 7) is 8.36. The van der Waals surface area contributed by atoms with Gasteiger partial charge in [-0.3, -0.25) is 9.88 Å². The molecular formula is C30H31N3O2. The Bertz CT molecular complexity index is 1400. The smallest absolute Gasteiger partial charge is 0.214 e. The topological polar surface area (TPSA) is 47.5 Å². The molecule has 0 N–H and O–H groups in total. The Morgan fingerprint density at radius 2 is 1.97 bits per heavy atom. The molecule has 0 aliphatic carbocycles. The highest BCUT2D eigenvalue weighted by Crippen LogP contribution is 2.44. The van der Waals surface area contributed by atoms with E-state index in [0.29, 0.717) is 17.7 Å². The van der Waals surface area contributed by atoms with Gasteiger partial charge < -0.3 is 9.47 Å². The summed E-state index contributed by atoms with van der Waals surface area (Å²) in [4.78, 5) is 12.1. The highest BCUT2D eigenvalue weighted by molar-refractivity contribution is 5.84. The predicted molar refractivity (Wildman–Crippen MR) is 140 cm³/mol. The van der Waals surface area contributed by atoms with Crippen molar-refractivity contribution in [1.29, 1.82) is 0 Å². The van der Waals surface area contributed by atoms with Gasteiger partial charge in [0.2, 0.25) is 5.88 Å². The van der Waals surface area contributed by atoms with Crippen molar-refractivity contribution in [2.75, 3.05) is 20.2 Å². The van der Waals surface area contributed by atoms with Gasteiger partial charge in [-0.2, -0.15) is 0 Å². The van der Waals surface area contributed by atoms with Crippen LogP contribution in [-0.4, -0.2) is 41.1 Å². The number of methoxy groups -OCH3 is 1. The van der Waals surface area contributed by atoms with Crippen molar-refractivity contribution < 1.29 is 9.47 Å². The van der Waals surface area contributed by atoms with Gasteiger partial charge in [0.1, 0.15) is 11.9 Å². The number of pyridine rings is 2. The van der Waals surface area contributed by atoms with Crippen LogP contribution < -0.4 is 9.47 Å². The monoisotopic (exact) mass is 465 g/mol. The standard InChI is InChI=1S/C30H31N3O2/c1-4-20-18-33-14-12-21(20)16-28(33)30(24-11-13-31-26-10-9-22(34-3)17-25(24)26)35-29-15-19(2)23-7-5-6-8-27(23)32-29/h4-11,13,15,17,20-21,28,30H,1,12,14,16,18H2,2-3H3/t20-,21-,28+,30-/m0/s1. The maximum absolute atomic E-state index is 6.88. The zero-order valence-corrected chi connectivity index (χ0v) is 20.4. The number of ether oxygens (including phenoxy) is 2. The summed E-state index contributed by atoms with van der Waals surface area (Å²) in [5.41, 5.74) is 4.20. The maximum atomic E-state index is 6.88. The van der Waals surface area contributed by atoms with E-state index in [4.69, 9.17) is 14.5 Å². The molecule has 0 amide bonds. The van der Waals surface area contributed by atoms with Crippen LogP contribution in [0.25, 0.3) is 21.8 Å². The van der Waals surface area contributed by atoms with Crippen molar-refractivity contribution in [1.82, 2.24) is 14.9 Å². The van der Waals surface area contributed by atoms with Crippen LogP contribution in [0.1, 0.15) is 30.1 Å². The quantitative estimate of drug-likeness (QED) is 0.321. The summed E-state index contributed by atoms with van der Waals surface area (Å²) in [6.07, 6.45) is 6.17. The lowest BCUT2D eigenvalue weighted by molar-refractivity contribution is -0.0367. The first-order valence-corrected chi connectivity index (χ1v) is 12.5. The lowest BCUT2D eigenvalue weighted by Gasteiger charge is -2.51. The van der Waals surface area contributed by atoms with Crippen molar-refractivity contribution in [2.45, 2.75) is 31.9 Å². The lowest BCUT2D eigenvalue weighted by Crippen LogP contribution is -2.55. The predicted octanol–water partition coefficient (Wildman–Crippen LogP) is 6.12. The summed E-state index contributed by atoms with van der Waals surface area (Å²) >= 11 is 0. The highest BCUT2D eigenvalue weighted by atomic mass is 16.5. The van der Waals surface area contributed by atoms with E-state index in [1.165, 1.54) is 12.0 Å². The van der Waals surface area contributed by atoms with E-state index in [-0.39, 0.29) is 12.1 Å². The number of aryl methyl sites for hydroxylation is 1. The van der Waals surface area contributed by atoms with Gasteiger partial charge in [-0.05, 0) is 74.0 Å². The Morgan fingerprint density at radius 3 is 2.77 bits per heavy atom. The summed E-state index contributed by atoms with van der Waals surface area (Å²) in [7, 11) is 1.70. The van der Waals surface area contributed by atoms with Crippen LogP contribution in [0.3, 0.4) is 0 Å². The minimum Gasteiger partial charge on any atom is -0.497 e. The van der Waals surface area contributed by atoms with E-state index < -0.39 is 0 Å². The van der Waals surface area contributed by atoms with E-state index in [1.54, 1.807) is 7.11 Å². The van der Waals surface area contributed by atoms with Gasteiger partial charge in [0, 0.05) is 35.1 Å². The Labute approximate surface area is 206 Å². The third kappa shape index (κ3) is 3.94. The molecule has 5 heterocycles. The second-order valence-corrected chi connectivity index (χ2v) is 9.86. The largest absolute Gasteiger partial charge is 0.497 e. The minimum absolute atomic E-state index is 0.172. The molecule has 3 fully saturated rings. The molecule has 7 rings (SSSR count).